The van der Waals surface area contributed by atoms with Crippen LogP contribution in [-0.4, -0.2) is 15.8 Å². The second kappa shape index (κ2) is 5.88. The molecule has 0 bridgehead atoms. The van der Waals surface area contributed by atoms with Crippen LogP contribution in [0.3, 0.4) is 0 Å². The summed E-state index contributed by atoms with van der Waals surface area (Å²) in [5, 5.41) is 14.5. The van der Waals surface area contributed by atoms with Crippen molar-refractivity contribution < 1.29 is 9.72 Å². The van der Waals surface area contributed by atoms with Crippen LogP contribution in [0.5, 0.6) is 0 Å². The van der Waals surface area contributed by atoms with Crippen molar-refractivity contribution in [3.63, 3.8) is 0 Å². The van der Waals surface area contributed by atoms with E-state index in [0.29, 0.717) is 0 Å². The lowest BCUT2D eigenvalue weighted by Crippen LogP contribution is -2.27. The smallest absolute Gasteiger partial charge is 0.304 e. The first kappa shape index (κ1) is 14.9. The van der Waals surface area contributed by atoms with Gasteiger partial charge >= 0.3 is 5.69 Å². The highest BCUT2D eigenvalue weighted by atomic mass is 32.1. The fourth-order valence-electron chi connectivity index (χ4n) is 1.86. The third-order valence-electron chi connectivity index (χ3n) is 2.85. The molecule has 7 nitrogen and oxygen atoms in total. The Hall–Kier alpha value is -2.48. The maximum atomic E-state index is 12.2. The fraction of sp³-hybridized carbons (Fsp3) is 0.231. The van der Waals surface area contributed by atoms with Gasteiger partial charge in [-0.3, -0.25) is 14.9 Å². The fourth-order valence-corrected chi connectivity index (χ4v) is 2.63. The minimum atomic E-state index is -0.650. The van der Waals surface area contributed by atoms with Crippen LogP contribution in [0.25, 0.3) is 0 Å². The van der Waals surface area contributed by atoms with Gasteiger partial charge in [0.25, 0.3) is 5.91 Å². The van der Waals surface area contributed by atoms with Crippen molar-refractivity contribution in [3.05, 3.63) is 50.0 Å². The highest BCUT2D eigenvalue weighted by Gasteiger charge is 2.24. The molecule has 0 aliphatic rings. The quantitative estimate of drug-likeness (QED) is 0.512. The van der Waals surface area contributed by atoms with Crippen LogP contribution in [0.1, 0.15) is 33.2 Å². The molecule has 3 N–H and O–H groups in total. The van der Waals surface area contributed by atoms with Gasteiger partial charge in [-0.2, -0.15) is 0 Å². The molecule has 1 unspecified atom stereocenters. The van der Waals surface area contributed by atoms with Crippen LogP contribution in [0.15, 0.2) is 24.4 Å². The van der Waals surface area contributed by atoms with Crippen molar-refractivity contribution in [1.29, 1.82) is 0 Å². The molecule has 0 aliphatic carbocycles. The molecule has 0 spiro atoms. The highest BCUT2D eigenvalue weighted by molar-refractivity contribution is 7.11. The number of nitro benzene ring substituents is 1. The van der Waals surface area contributed by atoms with Crippen molar-refractivity contribution >= 4 is 28.6 Å². The summed E-state index contributed by atoms with van der Waals surface area (Å²) in [6.45, 7) is 3.69. The topological polar surface area (TPSA) is 111 Å². The maximum Gasteiger partial charge on any atom is 0.304 e. The zero-order valence-corrected chi connectivity index (χ0v) is 12.3. The van der Waals surface area contributed by atoms with Gasteiger partial charge in [0.1, 0.15) is 16.3 Å². The van der Waals surface area contributed by atoms with Gasteiger partial charge in [0.15, 0.2) is 0 Å². The molecule has 0 fully saturated rings. The number of rotatable bonds is 4. The first-order chi connectivity index (χ1) is 9.90. The van der Waals surface area contributed by atoms with Gasteiger partial charge in [0.2, 0.25) is 0 Å². The zero-order chi connectivity index (χ0) is 15.6. The molecule has 1 heterocycles. The van der Waals surface area contributed by atoms with E-state index in [4.69, 9.17) is 5.73 Å². The summed E-state index contributed by atoms with van der Waals surface area (Å²) in [6.07, 6.45) is 1.71. The van der Waals surface area contributed by atoms with Crippen LogP contribution in [-0.2, 0) is 0 Å². The maximum absolute atomic E-state index is 12.2. The molecule has 1 aromatic heterocycles. The van der Waals surface area contributed by atoms with Crippen molar-refractivity contribution in [2.24, 2.45) is 0 Å². The van der Waals surface area contributed by atoms with E-state index in [1.165, 1.54) is 29.5 Å². The normalized spacial score (nSPS) is 11.9. The summed E-state index contributed by atoms with van der Waals surface area (Å²) in [6, 6.07) is 3.94. The summed E-state index contributed by atoms with van der Waals surface area (Å²) in [7, 11) is 0. The number of nitrogens with one attached hydrogen (secondary N) is 1. The number of amides is 1. The molecule has 8 heteroatoms. The van der Waals surface area contributed by atoms with E-state index in [9.17, 15) is 14.9 Å². The third kappa shape index (κ3) is 3.16. The molecule has 1 aromatic carbocycles. The molecular weight excluding hydrogens is 292 g/mol. The van der Waals surface area contributed by atoms with E-state index in [-0.39, 0.29) is 23.0 Å². The summed E-state index contributed by atoms with van der Waals surface area (Å²) in [4.78, 5) is 27.8. The first-order valence-electron chi connectivity index (χ1n) is 6.16. The lowest BCUT2D eigenvalue weighted by atomic mass is 10.1. The number of hydrogen-bond acceptors (Lipinski definition) is 6. The van der Waals surface area contributed by atoms with E-state index in [2.05, 4.69) is 10.3 Å². The van der Waals surface area contributed by atoms with Gasteiger partial charge < -0.3 is 11.1 Å². The monoisotopic (exact) mass is 306 g/mol. The Morgan fingerprint density at radius 1 is 1.52 bits per heavy atom. The Morgan fingerprint density at radius 3 is 2.81 bits per heavy atom. The minimum Gasteiger partial charge on any atom is -0.393 e. The van der Waals surface area contributed by atoms with E-state index < -0.39 is 10.8 Å². The number of nitrogen functional groups attached to an aromatic ring is 1. The number of aryl methyl sites for hydroxylation is 1. The number of thiazole rings is 1. The van der Waals surface area contributed by atoms with Gasteiger partial charge in [0.05, 0.1) is 11.0 Å². The van der Waals surface area contributed by atoms with Crippen molar-refractivity contribution in [3.8, 4) is 0 Å². The first-order valence-corrected chi connectivity index (χ1v) is 6.98. The van der Waals surface area contributed by atoms with E-state index in [0.717, 1.165) is 9.88 Å². The molecule has 0 saturated carbocycles. The molecule has 1 amide bonds. The number of hydrogen-bond donors (Lipinski definition) is 2. The number of carbonyl (C=O) groups excluding carboxylic acids is 1. The lowest BCUT2D eigenvalue weighted by Gasteiger charge is -2.11. The largest absolute Gasteiger partial charge is 0.393 e. The molecule has 2 rings (SSSR count). The van der Waals surface area contributed by atoms with Gasteiger partial charge in [-0.05, 0) is 26.0 Å². The van der Waals surface area contributed by atoms with Crippen molar-refractivity contribution in [1.82, 2.24) is 10.3 Å². The highest BCUT2D eigenvalue weighted by Crippen LogP contribution is 2.27. The van der Waals surface area contributed by atoms with Crippen molar-refractivity contribution in [2.45, 2.75) is 19.9 Å². The zero-order valence-electron chi connectivity index (χ0n) is 11.5. The van der Waals surface area contributed by atoms with Crippen LogP contribution in [0, 0.1) is 17.0 Å². The number of para-hydroxylation sites is 1. The van der Waals surface area contributed by atoms with Crippen LogP contribution >= 0.6 is 11.3 Å². The standard InChI is InChI=1S/C13H14N4O3S/c1-7-6-15-13(21-7)8(2)16-12(18)9-4-3-5-10(14)11(9)17(19)20/h3-6,8H,14H2,1-2H3,(H,16,18). The van der Waals surface area contributed by atoms with E-state index in [1.807, 2.05) is 6.92 Å². The molecule has 0 aliphatic heterocycles. The Labute approximate surface area is 125 Å². The Bertz CT molecular complexity index is 698. The summed E-state index contributed by atoms with van der Waals surface area (Å²) >= 11 is 1.46. The SMILES string of the molecule is Cc1cnc(C(C)NC(=O)c2cccc(N)c2[N+](=O)[O-])s1. The lowest BCUT2D eigenvalue weighted by molar-refractivity contribution is -0.384. The molecule has 21 heavy (non-hydrogen) atoms. The molecule has 0 radical (unpaired) electrons. The number of aromatic nitrogens is 1. The minimum absolute atomic E-state index is 0.0367. The van der Waals surface area contributed by atoms with E-state index in [1.54, 1.807) is 13.1 Å². The Balaban J connectivity index is 2.25. The summed E-state index contributed by atoms with van der Waals surface area (Å²) in [5.74, 6) is -0.547. The molecule has 2 aromatic rings. The molecular formula is C13H14N4O3S. The average Bonchev–Trinajstić information content (AvgIpc) is 2.84. The van der Waals surface area contributed by atoms with Gasteiger partial charge in [-0.1, -0.05) is 6.07 Å². The summed E-state index contributed by atoms with van der Waals surface area (Å²) in [5.41, 5.74) is 5.10. The number of carbonyl (C=O) groups is 1. The van der Waals surface area contributed by atoms with Crippen LogP contribution in [0.4, 0.5) is 11.4 Å². The number of nitrogens with two attached hydrogens (primary N) is 1. The summed E-state index contributed by atoms with van der Waals surface area (Å²) < 4.78 is 0. The Kier molecular flexibility index (Phi) is 4.18. The number of benzene rings is 1. The second-order valence-corrected chi connectivity index (χ2v) is 5.77. The second-order valence-electron chi connectivity index (χ2n) is 4.50. The number of anilines is 1. The molecule has 1 atom stereocenters. The van der Waals surface area contributed by atoms with Crippen LogP contribution < -0.4 is 11.1 Å². The number of nitro groups is 1. The van der Waals surface area contributed by atoms with Gasteiger partial charge in [-0.25, -0.2) is 4.98 Å². The van der Waals surface area contributed by atoms with E-state index >= 15 is 0 Å². The number of nitrogens with zero attached hydrogens (tertiary/aromatic N) is 2. The predicted molar refractivity (Wildman–Crippen MR) is 80.2 cm³/mol. The van der Waals surface area contributed by atoms with Gasteiger partial charge in [0, 0.05) is 11.1 Å². The Morgan fingerprint density at radius 2 is 2.24 bits per heavy atom. The van der Waals surface area contributed by atoms with Crippen molar-refractivity contribution in [2.75, 3.05) is 5.73 Å². The average molecular weight is 306 g/mol. The van der Waals surface area contributed by atoms with Crippen LogP contribution in [0.2, 0.25) is 0 Å². The molecule has 0 saturated heterocycles. The predicted octanol–water partition coefficient (Wildman–Crippen LogP) is 2.43. The van der Waals surface area contributed by atoms with Gasteiger partial charge in [-0.15, -0.1) is 11.3 Å². The molecule has 110 valence electrons. The third-order valence-corrected chi connectivity index (χ3v) is 3.95.